The van der Waals surface area contributed by atoms with Crippen molar-refractivity contribution in [2.24, 2.45) is 0 Å². The molecule has 0 unspecified atom stereocenters. The number of pyridine rings is 1. The fraction of sp³-hybridized carbons (Fsp3) is 0.182. The summed E-state index contributed by atoms with van der Waals surface area (Å²) < 4.78 is 19.4. The molecule has 14 rings (SSSR count). The number of aromatic nitrogens is 5. The quantitative estimate of drug-likeness (QED) is 0.114. The number of aryl methyl sites for hydroxylation is 2. The lowest BCUT2D eigenvalue weighted by molar-refractivity contribution is 0.483. The summed E-state index contributed by atoms with van der Waals surface area (Å²) in [5, 5.41) is 6.43. The second kappa shape index (κ2) is 20.7. The Kier molecular flexibility index (Phi) is 12.9. The fourth-order valence-electron chi connectivity index (χ4n) is 13.0. The Hall–Kier alpha value is -9.59. The third-order valence-corrected chi connectivity index (χ3v) is 17.0. The van der Waals surface area contributed by atoms with E-state index in [2.05, 4.69) is 272 Å². The van der Waals surface area contributed by atoms with Crippen molar-refractivity contribution >= 4 is 65.6 Å². The lowest BCUT2D eigenvalue weighted by Crippen LogP contribution is -2.09. The van der Waals surface area contributed by atoms with Gasteiger partial charge in [0.1, 0.15) is 34.3 Å². The molecule has 0 aliphatic heterocycles. The molecule has 412 valence electrons. The minimum Gasteiger partial charge on any atom is -0.457 e. The van der Waals surface area contributed by atoms with Crippen LogP contribution in [-0.4, -0.2) is 24.1 Å². The zero-order valence-corrected chi connectivity index (χ0v) is 49.4. The summed E-state index contributed by atoms with van der Waals surface area (Å²) >= 11 is 0. The molecule has 0 bridgehead atoms. The minimum absolute atomic E-state index is 0.183. The number of furan rings is 1. The summed E-state index contributed by atoms with van der Waals surface area (Å²) in [7, 11) is 0. The van der Waals surface area contributed by atoms with Crippen LogP contribution in [0.2, 0.25) is 0 Å². The van der Waals surface area contributed by atoms with E-state index in [0.29, 0.717) is 11.5 Å². The van der Waals surface area contributed by atoms with Crippen LogP contribution in [0.1, 0.15) is 113 Å². The van der Waals surface area contributed by atoms with Crippen LogP contribution in [0.25, 0.3) is 122 Å². The standard InChI is InChI=1S/C77H67N5O2/c1-44(2)59-36-55(50-22-13-11-14-23-50)37-60(45(3)4)73(59)81-69-30-19-17-28-67(69)79-76(81)54-26-21-27-57(35-54)83-58-41-65-64-43-63-52(32-33-53-34-48(9)78-49(10)72(53)63)40-71(64)84-75(65)66(42-58)77-80-68-29-18-20-31-70(68)82(77)74-61(46(5)6)38-56(39-62(74)47(7)8)51-24-15-12-16-25-51/h11-47H,1-10H3. The fourth-order valence-corrected chi connectivity index (χ4v) is 13.0. The normalized spacial score (nSPS) is 12.1. The number of nitrogens with zero attached hydrogens (tertiary/aromatic N) is 5. The van der Waals surface area contributed by atoms with E-state index in [1.165, 1.54) is 50.2 Å². The van der Waals surface area contributed by atoms with Crippen LogP contribution in [0, 0.1) is 13.8 Å². The highest BCUT2D eigenvalue weighted by molar-refractivity contribution is 6.18. The van der Waals surface area contributed by atoms with Crippen LogP contribution >= 0.6 is 0 Å². The lowest BCUT2D eigenvalue weighted by Gasteiger charge is -2.24. The molecule has 0 saturated carbocycles. The molecular formula is C77H67N5O2. The zero-order valence-electron chi connectivity index (χ0n) is 49.4. The van der Waals surface area contributed by atoms with Crippen molar-refractivity contribution in [2.45, 2.75) is 92.9 Å². The van der Waals surface area contributed by atoms with Crippen molar-refractivity contribution in [3.05, 3.63) is 234 Å². The molecule has 0 atom stereocenters. The zero-order chi connectivity index (χ0) is 57.7. The largest absolute Gasteiger partial charge is 0.457 e. The van der Waals surface area contributed by atoms with Crippen LogP contribution in [0.15, 0.2) is 205 Å². The van der Waals surface area contributed by atoms with E-state index in [1.54, 1.807) is 0 Å². The van der Waals surface area contributed by atoms with E-state index in [-0.39, 0.29) is 23.7 Å². The highest BCUT2D eigenvalue weighted by Gasteiger charge is 2.28. The summed E-state index contributed by atoms with van der Waals surface area (Å²) in [4.78, 5) is 16.1. The van der Waals surface area contributed by atoms with Gasteiger partial charge in [-0.25, -0.2) is 9.97 Å². The smallest absolute Gasteiger partial charge is 0.149 e. The van der Waals surface area contributed by atoms with Gasteiger partial charge >= 0.3 is 0 Å². The summed E-state index contributed by atoms with van der Waals surface area (Å²) in [5.41, 5.74) is 21.3. The molecule has 7 nitrogen and oxygen atoms in total. The van der Waals surface area contributed by atoms with Gasteiger partial charge in [0.15, 0.2) is 0 Å². The van der Waals surface area contributed by atoms with Gasteiger partial charge < -0.3 is 9.15 Å². The molecule has 4 heterocycles. The van der Waals surface area contributed by atoms with Crippen molar-refractivity contribution in [2.75, 3.05) is 0 Å². The number of para-hydroxylation sites is 4. The van der Waals surface area contributed by atoms with Gasteiger partial charge in [-0.05, 0) is 189 Å². The Morgan fingerprint density at radius 1 is 0.393 bits per heavy atom. The van der Waals surface area contributed by atoms with Gasteiger partial charge in [0.25, 0.3) is 0 Å². The average Bonchev–Trinajstić information content (AvgIpc) is 1.91. The maximum Gasteiger partial charge on any atom is 0.149 e. The predicted octanol–water partition coefficient (Wildman–Crippen LogP) is 21.5. The van der Waals surface area contributed by atoms with E-state index in [9.17, 15) is 0 Å². The van der Waals surface area contributed by atoms with E-state index in [1.807, 2.05) is 6.07 Å². The van der Waals surface area contributed by atoms with Crippen molar-refractivity contribution in [1.82, 2.24) is 24.1 Å². The van der Waals surface area contributed by atoms with Crippen LogP contribution < -0.4 is 4.74 Å². The molecule has 0 spiro atoms. The molecule has 7 heteroatoms. The van der Waals surface area contributed by atoms with Gasteiger partial charge in [-0.1, -0.05) is 165 Å². The van der Waals surface area contributed by atoms with Crippen molar-refractivity contribution in [3.63, 3.8) is 0 Å². The monoisotopic (exact) mass is 1090 g/mol. The van der Waals surface area contributed by atoms with E-state index < -0.39 is 0 Å². The first-order chi connectivity index (χ1) is 40.8. The molecule has 0 fully saturated rings. The van der Waals surface area contributed by atoms with Crippen LogP contribution in [-0.2, 0) is 0 Å². The van der Waals surface area contributed by atoms with Gasteiger partial charge in [-0.2, -0.15) is 0 Å². The van der Waals surface area contributed by atoms with Crippen molar-refractivity contribution in [1.29, 1.82) is 0 Å². The third-order valence-electron chi connectivity index (χ3n) is 17.0. The number of fused-ring (bicyclic) bond motifs is 8. The highest BCUT2D eigenvalue weighted by Crippen LogP contribution is 2.47. The molecule has 0 radical (unpaired) electrons. The molecule has 0 aliphatic rings. The van der Waals surface area contributed by atoms with Gasteiger partial charge in [-0.15, -0.1) is 0 Å². The van der Waals surface area contributed by atoms with Gasteiger partial charge in [0.2, 0.25) is 0 Å². The summed E-state index contributed by atoms with van der Waals surface area (Å²) in [6, 6.07) is 71.8. The Bertz CT molecular complexity index is 4840. The van der Waals surface area contributed by atoms with E-state index >= 15 is 0 Å². The van der Waals surface area contributed by atoms with Gasteiger partial charge in [0, 0.05) is 33.1 Å². The average molecular weight is 1090 g/mol. The third kappa shape index (κ3) is 8.92. The molecule has 10 aromatic carbocycles. The number of ether oxygens (including phenoxy) is 1. The van der Waals surface area contributed by atoms with Crippen molar-refractivity contribution < 1.29 is 9.15 Å². The first kappa shape index (κ1) is 52.5. The molecular weight excluding hydrogens is 1030 g/mol. The molecule has 0 saturated heterocycles. The molecule has 84 heavy (non-hydrogen) atoms. The topological polar surface area (TPSA) is 70.9 Å². The first-order valence-corrected chi connectivity index (χ1v) is 29.7. The summed E-state index contributed by atoms with van der Waals surface area (Å²) in [6.07, 6.45) is 0. The maximum atomic E-state index is 7.31. The Morgan fingerprint density at radius 3 is 1.48 bits per heavy atom. The second-order valence-electron chi connectivity index (χ2n) is 24.0. The molecule has 0 aliphatic carbocycles. The second-order valence-corrected chi connectivity index (χ2v) is 24.0. The number of hydrogen-bond donors (Lipinski definition) is 0. The van der Waals surface area contributed by atoms with E-state index in [0.717, 1.165) is 105 Å². The molecule has 0 amide bonds. The predicted molar refractivity (Wildman–Crippen MR) is 350 cm³/mol. The Labute approximate surface area is 490 Å². The SMILES string of the molecule is Cc1cc2ccc3cc4oc5c(-c6nc7ccccc7n6-c6c(C(C)C)cc(-c7ccccc7)cc6C(C)C)cc(Oc6cccc(-c7nc8ccccc8n7-c7c(C(C)C)cc(-c8ccccc8)cc7C(C)C)c6)cc5c4cc3c2c(C)n1. The summed E-state index contributed by atoms with van der Waals surface area (Å²) in [5.74, 6) is 3.78. The number of benzene rings is 10. The number of hydrogen-bond acceptors (Lipinski definition) is 5. The molecule has 14 aromatic rings. The lowest BCUT2D eigenvalue weighted by atomic mass is 9.88. The Morgan fingerprint density at radius 2 is 0.905 bits per heavy atom. The van der Waals surface area contributed by atoms with Crippen LogP contribution in [0.4, 0.5) is 0 Å². The highest BCUT2D eigenvalue weighted by atomic mass is 16.5. The van der Waals surface area contributed by atoms with Gasteiger partial charge in [-0.3, -0.25) is 14.1 Å². The van der Waals surface area contributed by atoms with E-state index in [4.69, 9.17) is 24.1 Å². The van der Waals surface area contributed by atoms with Crippen LogP contribution in [0.3, 0.4) is 0 Å². The maximum absolute atomic E-state index is 7.31. The summed E-state index contributed by atoms with van der Waals surface area (Å²) in [6.45, 7) is 22.6. The van der Waals surface area contributed by atoms with Crippen LogP contribution in [0.5, 0.6) is 11.5 Å². The molecule has 0 N–H and O–H groups in total. The minimum atomic E-state index is 0.183. The van der Waals surface area contributed by atoms with Crippen molar-refractivity contribution in [3.8, 4) is 67.9 Å². The Balaban J connectivity index is 1.00. The number of rotatable bonds is 12. The van der Waals surface area contributed by atoms with Gasteiger partial charge in [0.05, 0.1) is 39.0 Å². The first-order valence-electron chi connectivity index (χ1n) is 29.7. The molecule has 4 aromatic heterocycles. The number of imidazole rings is 2.